The molecule has 0 atom stereocenters. The van der Waals surface area contributed by atoms with Crippen LogP contribution in [0.1, 0.15) is 38.8 Å². The van der Waals surface area contributed by atoms with E-state index in [-0.39, 0.29) is 12.4 Å². The number of aromatic nitrogens is 1. The molecule has 9 nitrogen and oxygen atoms in total. The number of ketones is 1. The van der Waals surface area contributed by atoms with Crippen LogP contribution >= 0.6 is 11.6 Å². The third kappa shape index (κ3) is 5.28. The van der Waals surface area contributed by atoms with Crippen molar-refractivity contribution in [1.82, 2.24) is 10.1 Å². The maximum atomic E-state index is 14.0. The van der Waals surface area contributed by atoms with E-state index in [4.69, 9.17) is 25.6 Å². The fourth-order valence-electron chi connectivity index (χ4n) is 6.23. The second kappa shape index (κ2) is 11.9. The van der Waals surface area contributed by atoms with Crippen LogP contribution in [0.25, 0.3) is 22.2 Å². The van der Waals surface area contributed by atoms with Gasteiger partial charge in [-0.15, -0.1) is 0 Å². The van der Waals surface area contributed by atoms with Gasteiger partial charge in [0.1, 0.15) is 11.3 Å². The Morgan fingerprint density at radius 1 is 1.00 bits per heavy atom. The molecule has 2 heterocycles. The fourth-order valence-corrected chi connectivity index (χ4v) is 6.43. The molecule has 0 amide bonds. The smallest absolute Gasteiger partial charge is 0.338 e. The Bertz CT molecular complexity index is 1950. The highest BCUT2D eigenvalue weighted by atomic mass is 35.5. The molecule has 1 fully saturated rings. The van der Waals surface area contributed by atoms with Crippen LogP contribution < -0.4 is 15.0 Å². The van der Waals surface area contributed by atoms with Crippen LogP contribution in [0.15, 0.2) is 77.3 Å². The average molecular weight is 623 g/mol. The molecular weight excluding hydrogens is 592 g/mol. The van der Waals surface area contributed by atoms with E-state index in [2.05, 4.69) is 20.3 Å². The second-order valence-electron chi connectivity index (χ2n) is 11.1. The summed E-state index contributed by atoms with van der Waals surface area (Å²) in [6.07, 6.45) is 0. The predicted octanol–water partition coefficient (Wildman–Crippen LogP) is 6.94. The number of fused-ring (bicyclic) bond motifs is 2. The number of benzene rings is 4. The van der Waals surface area contributed by atoms with E-state index in [0.717, 1.165) is 55.3 Å². The van der Waals surface area contributed by atoms with Gasteiger partial charge < -0.3 is 24.2 Å². The van der Waals surface area contributed by atoms with Crippen molar-refractivity contribution in [3.63, 3.8) is 0 Å². The van der Waals surface area contributed by atoms with Crippen molar-refractivity contribution in [2.75, 3.05) is 50.1 Å². The van der Waals surface area contributed by atoms with Crippen molar-refractivity contribution in [2.45, 2.75) is 13.5 Å². The van der Waals surface area contributed by atoms with Gasteiger partial charge in [0.15, 0.2) is 11.5 Å². The third-order valence-corrected chi connectivity index (χ3v) is 8.62. The van der Waals surface area contributed by atoms with Gasteiger partial charge in [-0.25, -0.2) is 4.79 Å². The number of rotatable bonds is 8. The maximum absolute atomic E-state index is 14.0. The largest absolute Gasteiger partial charge is 0.496 e. The molecular formula is C35H31ClN4O5. The van der Waals surface area contributed by atoms with E-state index in [9.17, 15) is 9.59 Å². The number of nitrogens with one attached hydrogen (secondary N) is 1. The van der Waals surface area contributed by atoms with Crippen molar-refractivity contribution in [3.8, 4) is 17.1 Å². The number of methoxy groups -OCH3 is 1. The van der Waals surface area contributed by atoms with E-state index < -0.39 is 5.97 Å². The molecule has 2 aliphatic rings. The average Bonchev–Trinajstić information content (AvgIpc) is 3.50. The summed E-state index contributed by atoms with van der Waals surface area (Å²) in [7, 11) is 1.67. The van der Waals surface area contributed by atoms with Crippen molar-refractivity contribution < 1.29 is 23.6 Å². The Labute approximate surface area is 265 Å². The molecule has 1 aromatic heterocycles. The van der Waals surface area contributed by atoms with Gasteiger partial charge in [0, 0.05) is 60.1 Å². The van der Waals surface area contributed by atoms with Gasteiger partial charge in [-0.2, -0.15) is 0 Å². The van der Waals surface area contributed by atoms with Crippen molar-refractivity contribution in [2.24, 2.45) is 0 Å². The van der Waals surface area contributed by atoms with Gasteiger partial charge in [0.25, 0.3) is 0 Å². The second-order valence-corrected chi connectivity index (χ2v) is 11.5. The van der Waals surface area contributed by atoms with Gasteiger partial charge >= 0.3 is 5.97 Å². The lowest BCUT2D eigenvalue weighted by Crippen LogP contribution is -2.46. The number of carbonyl (C=O) groups excluding carboxylic acids is 2. The number of carbonyl (C=O) groups is 2. The lowest BCUT2D eigenvalue weighted by atomic mass is 9.86. The van der Waals surface area contributed by atoms with Gasteiger partial charge in [-0.05, 0) is 49.4 Å². The van der Waals surface area contributed by atoms with Crippen LogP contribution in [0, 0.1) is 0 Å². The number of esters is 1. The van der Waals surface area contributed by atoms with Crippen molar-refractivity contribution in [1.29, 1.82) is 0 Å². The summed E-state index contributed by atoms with van der Waals surface area (Å²) < 4.78 is 16.7. The Kier molecular flexibility index (Phi) is 7.64. The number of nitrogens with zero attached hydrogens (tertiary/aromatic N) is 3. The summed E-state index contributed by atoms with van der Waals surface area (Å²) in [5.41, 5.74) is 6.05. The first-order valence-corrected chi connectivity index (χ1v) is 15.3. The lowest BCUT2D eigenvalue weighted by Gasteiger charge is -2.36. The van der Waals surface area contributed by atoms with E-state index >= 15 is 0 Å². The minimum Gasteiger partial charge on any atom is -0.496 e. The highest BCUT2D eigenvalue weighted by Crippen LogP contribution is 2.46. The van der Waals surface area contributed by atoms with Gasteiger partial charge in [-0.1, -0.05) is 47.1 Å². The summed E-state index contributed by atoms with van der Waals surface area (Å²) in [4.78, 5) is 31.1. The first-order valence-electron chi connectivity index (χ1n) is 14.9. The minimum absolute atomic E-state index is 0.109. The highest BCUT2D eigenvalue weighted by Gasteiger charge is 2.34. The zero-order chi connectivity index (χ0) is 31.1. The van der Waals surface area contributed by atoms with Crippen LogP contribution in [0.2, 0.25) is 5.02 Å². The molecule has 5 aromatic rings. The van der Waals surface area contributed by atoms with Crippen LogP contribution in [0.4, 0.5) is 17.1 Å². The molecule has 1 aliphatic carbocycles. The molecule has 45 heavy (non-hydrogen) atoms. The first kappa shape index (κ1) is 28.9. The summed E-state index contributed by atoms with van der Waals surface area (Å²) in [6.45, 7) is 5.85. The Morgan fingerprint density at radius 3 is 2.58 bits per heavy atom. The van der Waals surface area contributed by atoms with Crippen molar-refractivity contribution in [3.05, 3.63) is 100 Å². The molecule has 0 unspecified atom stereocenters. The molecule has 0 saturated carbocycles. The summed E-state index contributed by atoms with van der Waals surface area (Å²) in [5, 5.41) is 9.33. The first-order chi connectivity index (χ1) is 21.9. The third-order valence-electron chi connectivity index (χ3n) is 8.38. The Balaban J connectivity index is 1.25. The van der Waals surface area contributed by atoms with Crippen LogP contribution in [0.3, 0.4) is 0 Å². The Morgan fingerprint density at radius 2 is 1.80 bits per heavy atom. The SMILES string of the molecule is CCOC(=O)c1cccc(Nc2cc(N3CCN(Cc4cc(Cl)ccc4OC)CC3)c3noc4c3c2C(=O)c2ccccc2-4)c1. The van der Waals surface area contributed by atoms with Crippen LogP contribution in [-0.4, -0.2) is 61.7 Å². The standard InChI is InChI=1S/C35H31ClN4O5/c1-3-44-35(42)21-7-6-8-24(18-21)37-27-19-28(32-31-30(27)33(41)25-9-4-5-10-26(25)34(31)45-38-32)40-15-13-39(14-16-40)20-22-17-23(36)11-12-29(22)43-2/h4-12,17-19,37H,3,13-16,20H2,1-2H3. The van der Waals surface area contributed by atoms with E-state index in [0.29, 0.717) is 49.8 Å². The summed E-state index contributed by atoms with van der Waals surface area (Å²) in [6, 6.07) is 22.2. The highest BCUT2D eigenvalue weighted by molar-refractivity contribution is 6.30. The molecule has 1 N–H and O–H groups in total. The quantitative estimate of drug-likeness (QED) is 0.181. The number of piperazine rings is 1. The molecule has 4 aromatic carbocycles. The van der Waals surface area contributed by atoms with E-state index in [1.165, 1.54) is 0 Å². The number of hydrogen-bond donors (Lipinski definition) is 1. The van der Waals surface area contributed by atoms with Crippen LogP contribution in [0.5, 0.6) is 5.75 Å². The molecule has 10 heteroatoms. The fraction of sp³-hybridized carbons (Fsp3) is 0.229. The topological polar surface area (TPSA) is 97.1 Å². The van der Waals surface area contributed by atoms with E-state index in [1.807, 2.05) is 54.6 Å². The molecule has 0 spiro atoms. The van der Waals surface area contributed by atoms with Crippen LogP contribution in [-0.2, 0) is 11.3 Å². The minimum atomic E-state index is -0.404. The predicted molar refractivity (Wildman–Crippen MR) is 174 cm³/mol. The molecule has 1 aliphatic heterocycles. The van der Waals surface area contributed by atoms with E-state index in [1.54, 1.807) is 32.2 Å². The number of hydrogen-bond acceptors (Lipinski definition) is 9. The molecule has 1 saturated heterocycles. The molecule has 0 radical (unpaired) electrons. The van der Waals surface area contributed by atoms with Gasteiger partial charge in [0.2, 0.25) is 0 Å². The number of halogens is 1. The zero-order valence-electron chi connectivity index (χ0n) is 24.9. The zero-order valence-corrected chi connectivity index (χ0v) is 25.7. The normalized spacial score (nSPS) is 14.4. The Hall–Kier alpha value is -4.86. The molecule has 0 bridgehead atoms. The summed E-state index contributed by atoms with van der Waals surface area (Å²) in [5.74, 6) is 0.879. The number of ether oxygens (including phenoxy) is 2. The summed E-state index contributed by atoms with van der Waals surface area (Å²) >= 11 is 6.28. The number of anilines is 3. The molecule has 228 valence electrons. The monoisotopic (exact) mass is 622 g/mol. The van der Waals surface area contributed by atoms with Gasteiger partial charge in [-0.3, -0.25) is 9.69 Å². The van der Waals surface area contributed by atoms with Gasteiger partial charge in [0.05, 0.1) is 41.6 Å². The van der Waals surface area contributed by atoms with Crippen molar-refractivity contribution >= 4 is 51.3 Å². The maximum Gasteiger partial charge on any atom is 0.338 e. The molecule has 7 rings (SSSR count). The lowest BCUT2D eigenvalue weighted by molar-refractivity contribution is 0.0526.